The van der Waals surface area contributed by atoms with Gasteiger partial charge in [0.2, 0.25) is 0 Å². The van der Waals surface area contributed by atoms with Gasteiger partial charge in [-0.15, -0.1) is 11.8 Å². The third-order valence-electron chi connectivity index (χ3n) is 3.30. The van der Waals surface area contributed by atoms with Crippen LogP contribution < -0.4 is 5.73 Å². The molecule has 0 spiro atoms. The molecule has 1 heterocycles. The van der Waals surface area contributed by atoms with Crippen LogP contribution in [0.3, 0.4) is 0 Å². The van der Waals surface area contributed by atoms with Crippen molar-refractivity contribution in [3.8, 4) is 0 Å². The van der Waals surface area contributed by atoms with E-state index in [2.05, 4.69) is 40.7 Å². The smallest absolute Gasteiger partial charge is 0.0796 e. The fourth-order valence-corrected chi connectivity index (χ4v) is 3.65. The molecule has 2 rings (SSSR count). The van der Waals surface area contributed by atoms with E-state index in [0.717, 1.165) is 40.5 Å². The van der Waals surface area contributed by atoms with Crippen molar-refractivity contribution in [1.29, 1.82) is 0 Å². The molecule has 1 fully saturated rings. The Hall–Kier alpha value is -0.230. The van der Waals surface area contributed by atoms with Gasteiger partial charge in [0, 0.05) is 39.9 Å². The van der Waals surface area contributed by atoms with E-state index in [-0.39, 0.29) is 0 Å². The molecular formula is C14H21BrN2OS. The van der Waals surface area contributed by atoms with Crippen LogP contribution in [-0.2, 0) is 4.74 Å². The van der Waals surface area contributed by atoms with Crippen molar-refractivity contribution >= 4 is 33.4 Å². The Labute approximate surface area is 128 Å². The second kappa shape index (κ2) is 6.97. The van der Waals surface area contributed by atoms with Crippen molar-refractivity contribution in [2.75, 3.05) is 31.2 Å². The third kappa shape index (κ3) is 4.38. The number of ether oxygens (including phenoxy) is 1. The molecule has 0 radical (unpaired) electrons. The minimum absolute atomic E-state index is 0.291. The van der Waals surface area contributed by atoms with E-state index in [0.29, 0.717) is 12.1 Å². The zero-order valence-electron chi connectivity index (χ0n) is 11.4. The number of thioether (sulfide) groups is 1. The number of benzene rings is 1. The third-order valence-corrected chi connectivity index (χ3v) is 5.00. The molecule has 1 aromatic rings. The number of morpholine rings is 1. The summed E-state index contributed by atoms with van der Waals surface area (Å²) in [7, 11) is 0. The van der Waals surface area contributed by atoms with E-state index in [4.69, 9.17) is 10.5 Å². The number of rotatable bonds is 4. The lowest BCUT2D eigenvalue weighted by molar-refractivity contribution is -0.0265. The van der Waals surface area contributed by atoms with Crippen LogP contribution in [0.1, 0.15) is 13.8 Å². The molecule has 19 heavy (non-hydrogen) atoms. The average Bonchev–Trinajstić information content (AvgIpc) is 2.40. The van der Waals surface area contributed by atoms with Gasteiger partial charge >= 0.3 is 0 Å². The molecule has 1 atom stereocenters. The van der Waals surface area contributed by atoms with Crippen molar-refractivity contribution in [1.82, 2.24) is 4.90 Å². The van der Waals surface area contributed by atoms with Gasteiger partial charge in [-0.05, 0) is 32.0 Å². The Kier molecular flexibility index (Phi) is 5.57. The molecule has 0 amide bonds. The SMILES string of the molecule is CC(C)N1CCOC(CSc2cc(Br)ccc2N)C1. The number of nitrogen functional groups attached to an aromatic ring is 1. The lowest BCUT2D eigenvalue weighted by Crippen LogP contribution is -2.46. The van der Waals surface area contributed by atoms with Gasteiger partial charge in [-0.25, -0.2) is 0 Å². The number of nitrogens with zero attached hydrogens (tertiary/aromatic N) is 1. The summed E-state index contributed by atoms with van der Waals surface area (Å²) in [4.78, 5) is 3.60. The van der Waals surface area contributed by atoms with Gasteiger partial charge in [0.05, 0.1) is 12.7 Å². The zero-order chi connectivity index (χ0) is 13.8. The highest BCUT2D eigenvalue weighted by atomic mass is 79.9. The predicted octanol–water partition coefficient (Wildman–Crippen LogP) is 3.23. The summed E-state index contributed by atoms with van der Waals surface area (Å²) in [5.74, 6) is 0.948. The summed E-state index contributed by atoms with van der Waals surface area (Å²) in [6, 6.07) is 6.57. The molecule has 0 bridgehead atoms. The maximum Gasteiger partial charge on any atom is 0.0796 e. The van der Waals surface area contributed by atoms with E-state index >= 15 is 0 Å². The van der Waals surface area contributed by atoms with Gasteiger partial charge in [0.1, 0.15) is 0 Å². The predicted molar refractivity (Wildman–Crippen MR) is 85.7 cm³/mol. The second-order valence-electron chi connectivity index (χ2n) is 5.07. The molecule has 106 valence electrons. The van der Waals surface area contributed by atoms with Crippen molar-refractivity contribution in [2.24, 2.45) is 0 Å². The highest BCUT2D eigenvalue weighted by Gasteiger charge is 2.22. The van der Waals surface area contributed by atoms with E-state index in [1.54, 1.807) is 11.8 Å². The number of nitrogens with two attached hydrogens (primary N) is 1. The fourth-order valence-electron chi connectivity index (χ4n) is 2.13. The van der Waals surface area contributed by atoms with Crippen LogP contribution in [0.4, 0.5) is 5.69 Å². The van der Waals surface area contributed by atoms with E-state index in [1.807, 2.05) is 12.1 Å². The molecule has 3 nitrogen and oxygen atoms in total. The molecule has 1 aliphatic rings. The molecular weight excluding hydrogens is 324 g/mol. The summed E-state index contributed by atoms with van der Waals surface area (Å²) in [6.45, 7) is 7.36. The highest BCUT2D eigenvalue weighted by Crippen LogP contribution is 2.29. The first-order valence-corrected chi connectivity index (χ1v) is 8.37. The van der Waals surface area contributed by atoms with E-state index in [1.165, 1.54) is 0 Å². The average molecular weight is 345 g/mol. The second-order valence-corrected chi connectivity index (χ2v) is 7.05. The Morgan fingerprint density at radius 1 is 1.53 bits per heavy atom. The molecule has 1 aliphatic heterocycles. The summed E-state index contributed by atoms with van der Waals surface area (Å²) in [6.07, 6.45) is 0.291. The van der Waals surface area contributed by atoms with Gasteiger partial charge in [-0.2, -0.15) is 0 Å². The summed E-state index contributed by atoms with van der Waals surface area (Å²) >= 11 is 5.26. The number of hydrogen-bond donors (Lipinski definition) is 1. The maximum absolute atomic E-state index is 5.99. The first-order valence-electron chi connectivity index (χ1n) is 6.59. The van der Waals surface area contributed by atoms with Crippen LogP contribution in [0.5, 0.6) is 0 Å². The van der Waals surface area contributed by atoms with Crippen molar-refractivity contribution in [3.63, 3.8) is 0 Å². The monoisotopic (exact) mass is 344 g/mol. The molecule has 0 aliphatic carbocycles. The van der Waals surface area contributed by atoms with Crippen LogP contribution in [-0.4, -0.2) is 42.5 Å². The zero-order valence-corrected chi connectivity index (χ0v) is 13.8. The largest absolute Gasteiger partial charge is 0.398 e. The highest BCUT2D eigenvalue weighted by molar-refractivity contribution is 9.10. The quantitative estimate of drug-likeness (QED) is 0.672. The van der Waals surface area contributed by atoms with Crippen LogP contribution in [0, 0.1) is 0 Å². The minimum Gasteiger partial charge on any atom is -0.398 e. The van der Waals surface area contributed by atoms with Gasteiger partial charge in [0.25, 0.3) is 0 Å². The Bertz CT molecular complexity index is 428. The van der Waals surface area contributed by atoms with Crippen LogP contribution in [0.25, 0.3) is 0 Å². The van der Waals surface area contributed by atoms with Gasteiger partial charge in [-0.3, -0.25) is 4.90 Å². The van der Waals surface area contributed by atoms with Gasteiger partial charge in [-0.1, -0.05) is 15.9 Å². The minimum atomic E-state index is 0.291. The molecule has 1 unspecified atom stereocenters. The summed E-state index contributed by atoms with van der Waals surface area (Å²) < 4.78 is 6.90. The van der Waals surface area contributed by atoms with Crippen molar-refractivity contribution < 1.29 is 4.74 Å². The fraction of sp³-hybridized carbons (Fsp3) is 0.571. The van der Waals surface area contributed by atoms with Crippen LogP contribution >= 0.6 is 27.7 Å². The summed E-state index contributed by atoms with van der Waals surface area (Å²) in [5, 5.41) is 0. The standard InChI is InChI=1S/C14H21BrN2OS/c1-10(2)17-5-6-18-12(8-17)9-19-14-7-11(15)3-4-13(14)16/h3-4,7,10,12H,5-6,8-9,16H2,1-2H3. The maximum atomic E-state index is 5.99. The topological polar surface area (TPSA) is 38.5 Å². The van der Waals surface area contributed by atoms with Gasteiger partial charge < -0.3 is 10.5 Å². The van der Waals surface area contributed by atoms with Crippen LogP contribution in [0.15, 0.2) is 27.6 Å². The lowest BCUT2D eigenvalue weighted by Gasteiger charge is -2.35. The Morgan fingerprint density at radius 3 is 3.05 bits per heavy atom. The molecule has 5 heteroatoms. The van der Waals surface area contributed by atoms with Crippen molar-refractivity contribution in [3.05, 3.63) is 22.7 Å². The van der Waals surface area contributed by atoms with E-state index in [9.17, 15) is 0 Å². The lowest BCUT2D eigenvalue weighted by atomic mass is 10.2. The van der Waals surface area contributed by atoms with Crippen LogP contribution in [0.2, 0.25) is 0 Å². The molecule has 1 saturated heterocycles. The molecule has 2 N–H and O–H groups in total. The first-order chi connectivity index (χ1) is 9.06. The molecule has 0 saturated carbocycles. The molecule has 0 aromatic heterocycles. The van der Waals surface area contributed by atoms with Crippen molar-refractivity contribution in [2.45, 2.75) is 30.9 Å². The van der Waals surface area contributed by atoms with E-state index < -0.39 is 0 Å². The number of anilines is 1. The summed E-state index contributed by atoms with van der Waals surface area (Å²) in [5.41, 5.74) is 6.83. The number of halogens is 1. The Balaban J connectivity index is 1.89. The van der Waals surface area contributed by atoms with Gasteiger partial charge in [0.15, 0.2) is 0 Å². The number of hydrogen-bond acceptors (Lipinski definition) is 4. The first kappa shape index (κ1) is 15.2. The Morgan fingerprint density at radius 2 is 2.32 bits per heavy atom. The molecule has 1 aromatic carbocycles. The normalized spacial score (nSPS) is 20.9.